The lowest BCUT2D eigenvalue weighted by Crippen LogP contribution is -2.29. The number of pyridine rings is 1. The Morgan fingerprint density at radius 3 is 3.07 bits per heavy atom. The molecule has 15 heavy (non-hydrogen) atoms. The van der Waals surface area contributed by atoms with Gasteiger partial charge in [-0.15, -0.1) is 0 Å². The second-order valence-corrected chi connectivity index (χ2v) is 4.08. The van der Waals surface area contributed by atoms with Crippen LogP contribution in [0.4, 0.5) is 0 Å². The summed E-state index contributed by atoms with van der Waals surface area (Å²) in [5.74, 6) is 5.50. The molecule has 0 aliphatic rings. The van der Waals surface area contributed by atoms with Crippen LogP contribution in [0.25, 0.3) is 0 Å². The second-order valence-electron chi connectivity index (χ2n) is 3.22. The number of ether oxygens (including phenoxy) is 1. The molecule has 1 rings (SSSR count). The van der Waals surface area contributed by atoms with Crippen LogP contribution >= 0.6 is 15.9 Å². The monoisotopic (exact) mass is 273 g/mol. The Morgan fingerprint density at radius 2 is 2.47 bits per heavy atom. The Hall–Kier alpha value is -0.490. The summed E-state index contributed by atoms with van der Waals surface area (Å²) in [6.07, 6.45) is 3.62. The standard InChI is InChI=1S/C10H16BrN3O/c1-15-7-3-5-9(14-12)10-8(11)4-2-6-13-10/h2,4,6,9,14H,3,5,7,12H2,1H3. The second kappa shape index (κ2) is 6.90. The van der Waals surface area contributed by atoms with E-state index in [1.807, 2.05) is 12.1 Å². The number of nitrogens with zero attached hydrogens (tertiary/aromatic N) is 1. The summed E-state index contributed by atoms with van der Waals surface area (Å²) < 4.78 is 5.98. The first-order valence-electron chi connectivity index (χ1n) is 4.85. The molecule has 0 spiro atoms. The van der Waals surface area contributed by atoms with Crippen molar-refractivity contribution < 1.29 is 4.74 Å². The average Bonchev–Trinajstić information content (AvgIpc) is 2.26. The van der Waals surface area contributed by atoms with Gasteiger partial charge < -0.3 is 4.74 Å². The molecule has 4 nitrogen and oxygen atoms in total. The van der Waals surface area contributed by atoms with Gasteiger partial charge in [-0.2, -0.15) is 0 Å². The molecule has 0 aliphatic heterocycles. The van der Waals surface area contributed by atoms with Crippen molar-refractivity contribution >= 4 is 15.9 Å². The van der Waals surface area contributed by atoms with Gasteiger partial charge in [-0.05, 0) is 40.9 Å². The van der Waals surface area contributed by atoms with Crippen molar-refractivity contribution in [3.8, 4) is 0 Å². The molecule has 0 aromatic carbocycles. The predicted octanol–water partition coefficient (Wildman–Crippen LogP) is 1.78. The molecule has 1 atom stereocenters. The van der Waals surface area contributed by atoms with Gasteiger partial charge in [0.05, 0.1) is 11.7 Å². The fourth-order valence-corrected chi connectivity index (χ4v) is 1.92. The van der Waals surface area contributed by atoms with Crippen molar-refractivity contribution in [2.45, 2.75) is 18.9 Å². The molecule has 0 saturated heterocycles. The van der Waals surface area contributed by atoms with E-state index >= 15 is 0 Å². The van der Waals surface area contributed by atoms with Crippen molar-refractivity contribution in [3.63, 3.8) is 0 Å². The molecule has 1 aromatic heterocycles. The highest BCUT2D eigenvalue weighted by Gasteiger charge is 2.13. The first-order chi connectivity index (χ1) is 7.29. The number of rotatable bonds is 6. The van der Waals surface area contributed by atoms with Gasteiger partial charge in [0, 0.05) is 24.4 Å². The maximum Gasteiger partial charge on any atom is 0.0728 e. The molecule has 1 aromatic rings. The van der Waals surface area contributed by atoms with Gasteiger partial charge in [-0.25, -0.2) is 0 Å². The Bertz CT molecular complexity index is 296. The van der Waals surface area contributed by atoms with Crippen LogP contribution in [0, 0.1) is 0 Å². The highest BCUT2D eigenvalue weighted by Crippen LogP contribution is 2.23. The third kappa shape index (κ3) is 3.87. The first kappa shape index (κ1) is 12.6. The van der Waals surface area contributed by atoms with E-state index in [1.54, 1.807) is 13.3 Å². The number of aromatic nitrogens is 1. The molecular weight excluding hydrogens is 258 g/mol. The zero-order valence-electron chi connectivity index (χ0n) is 8.74. The molecule has 0 saturated carbocycles. The van der Waals surface area contributed by atoms with E-state index in [1.165, 1.54) is 0 Å². The van der Waals surface area contributed by atoms with Gasteiger partial charge in [-0.3, -0.25) is 16.3 Å². The van der Waals surface area contributed by atoms with E-state index in [2.05, 4.69) is 26.3 Å². The van der Waals surface area contributed by atoms with E-state index in [0.29, 0.717) is 0 Å². The lowest BCUT2D eigenvalue weighted by Gasteiger charge is -2.16. The molecule has 0 bridgehead atoms. The molecular formula is C10H16BrN3O. The largest absolute Gasteiger partial charge is 0.385 e. The summed E-state index contributed by atoms with van der Waals surface area (Å²) in [6, 6.07) is 3.91. The van der Waals surface area contributed by atoms with Gasteiger partial charge in [0.2, 0.25) is 0 Å². The molecule has 0 amide bonds. The summed E-state index contributed by atoms with van der Waals surface area (Å²) in [5.41, 5.74) is 3.71. The molecule has 84 valence electrons. The molecule has 1 unspecified atom stereocenters. The van der Waals surface area contributed by atoms with E-state index in [-0.39, 0.29) is 6.04 Å². The first-order valence-corrected chi connectivity index (χ1v) is 5.64. The molecule has 0 radical (unpaired) electrons. The predicted molar refractivity (Wildman–Crippen MR) is 63.1 cm³/mol. The van der Waals surface area contributed by atoms with Crippen LogP contribution in [0.3, 0.4) is 0 Å². The number of nitrogens with two attached hydrogens (primary N) is 1. The summed E-state index contributed by atoms with van der Waals surface area (Å²) in [7, 11) is 1.70. The lowest BCUT2D eigenvalue weighted by molar-refractivity contribution is 0.188. The number of nitrogens with one attached hydrogen (secondary N) is 1. The van der Waals surface area contributed by atoms with Crippen LogP contribution < -0.4 is 11.3 Å². The molecule has 0 fully saturated rings. The highest BCUT2D eigenvalue weighted by atomic mass is 79.9. The van der Waals surface area contributed by atoms with Crippen LogP contribution in [0.2, 0.25) is 0 Å². The van der Waals surface area contributed by atoms with E-state index in [9.17, 15) is 0 Å². The number of halogens is 1. The number of methoxy groups -OCH3 is 1. The van der Waals surface area contributed by atoms with Gasteiger partial charge in [0.25, 0.3) is 0 Å². The molecule has 1 heterocycles. The quantitative estimate of drug-likeness (QED) is 0.471. The molecule has 0 aliphatic carbocycles. The minimum Gasteiger partial charge on any atom is -0.385 e. The van der Waals surface area contributed by atoms with Crippen LogP contribution in [0.5, 0.6) is 0 Å². The lowest BCUT2D eigenvalue weighted by atomic mass is 10.1. The maximum absolute atomic E-state index is 5.50. The Kier molecular flexibility index (Phi) is 5.78. The Morgan fingerprint density at radius 1 is 1.67 bits per heavy atom. The minimum absolute atomic E-state index is 0.0655. The zero-order valence-corrected chi connectivity index (χ0v) is 10.3. The van der Waals surface area contributed by atoms with Gasteiger partial charge in [0.15, 0.2) is 0 Å². The fraction of sp³-hybridized carbons (Fsp3) is 0.500. The fourth-order valence-electron chi connectivity index (χ4n) is 1.39. The summed E-state index contributed by atoms with van der Waals surface area (Å²) >= 11 is 3.46. The van der Waals surface area contributed by atoms with Crippen molar-refractivity contribution in [2.24, 2.45) is 5.84 Å². The van der Waals surface area contributed by atoms with Gasteiger partial charge in [0.1, 0.15) is 0 Å². The maximum atomic E-state index is 5.50. The Labute approximate surface area is 98.3 Å². The van der Waals surface area contributed by atoms with Crippen molar-refractivity contribution in [1.82, 2.24) is 10.4 Å². The van der Waals surface area contributed by atoms with Crippen LogP contribution in [-0.4, -0.2) is 18.7 Å². The van der Waals surface area contributed by atoms with Gasteiger partial charge in [-0.1, -0.05) is 0 Å². The normalized spacial score (nSPS) is 12.7. The smallest absolute Gasteiger partial charge is 0.0728 e. The van der Waals surface area contributed by atoms with Crippen LogP contribution in [-0.2, 0) is 4.74 Å². The summed E-state index contributed by atoms with van der Waals surface area (Å²) in [6.45, 7) is 0.739. The van der Waals surface area contributed by atoms with Crippen LogP contribution in [0.15, 0.2) is 22.8 Å². The highest BCUT2D eigenvalue weighted by molar-refractivity contribution is 9.10. The summed E-state index contributed by atoms with van der Waals surface area (Å²) in [4.78, 5) is 4.30. The minimum atomic E-state index is 0.0655. The zero-order chi connectivity index (χ0) is 11.1. The average molecular weight is 274 g/mol. The van der Waals surface area contributed by atoms with E-state index in [0.717, 1.165) is 29.6 Å². The molecule has 3 N–H and O–H groups in total. The number of hydrogen-bond donors (Lipinski definition) is 2. The van der Waals surface area contributed by atoms with Crippen molar-refractivity contribution in [2.75, 3.05) is 13.7 Å². The van der Waals surface area contributed by atoms with Gasteiger partial charge >= 0.3 is 0 Å². The topological polar surface area (TPSA) is 60.2 Å². The SMILES string of the molecule is COCCCC(NN)c1ncccc1Br. The van der Waals surface area contributed by atoms with E-state index in [4.69, 9.17) is 10.6 Å². The van der Waals surface area contributed by atoms with Crippen molar-refractivity contribution in [1.29, 1.82) is 0 Å². The Balaban J connectivity index is 2.61. The van der Waals surface area contributed by atoms with Crippen molar-refractivity contribution in [3.05, 3.63) is 28.5 Å². The number of hydrazine groups is 1. The van der Waals surface area contributed by atoms with Crippen LogP contribution in [0.1, 0.15) is 24.6 Å². The summed E-state index contributed by atoms with van der Waals surface area (Å²) in [5, 5.41) is 0. The molecule has 5 heteroatoms. The third-order valence-corrected chi connectivity index (χ3v) is 2.83. The van der Waals surface area contributed by atoms with E-state index < -0.39 is 0 Å². The third-order valence-electron chi connectivity index (χ3n) is 2.16. The number of hydrogen-bond acceptors (Lipinski definition) is 4.